The summed E-state index contributed by atoms with van der Waals surface area (Å²) in [6.07, 6.45) is 1.76. The van der Waals surface area contributed by atoms with Gasteiger partial charge in [0.05, 0.1) is 5.56 Å². The Morgan fingerprint density at radius 3 is 2.61 bits per heavy atom. The first-order valence-electron chi connectivity index (χ1n) is 7.05. The molecule has 0 atom stereocenters. The van der Waals surface area contributed by atoms with Crippen molar-refractivity contribution in [3.63, 3.8) is 0 Å². The highest BCUT2D eigenvalue weighted by Gasteiger charge is 2.19. The molecular formula is C16H19N3O3S. The Morgan fingerprint density at radius 2 is 2.00 bits per heavy atom. The molecule has 0 spiro atoms. The van der Waals surface area contributed by atoms with E-state index in [1.807, 2.05) is 0 Å². The highest BCUT2D eigenvalue weighted by atomic mass is 32.1. The lowest BCUT2D eigenvalue weighted by molar-refractivity contribution is -0.119. The molecular weight excluding hydrogens is 314 g/mol. The summed E-state index contributed by atoms with van der Waals surface area (Å²) in [5.41, 5.74) is 5.36. The minimum Gasteiger partial charge on any atom is -0.483 e. The average Bonchev–Trinajstić information content (AvgIpc) is 2.94. The van der Waals surface area contributed by atoms with Gasteiger partial charge < -0.3 is 10.5 Å². The summed E-state index contributed by atoms with van der Waals surface area (Å²) < 4.78 is 5.26. The minimum atomic E-state index is -0.602. The highest BCUT2D eigenvalue weighted by Crippen LogP contribution is 2.30. The largest absolute Gasteiger partial charge is 0.483 e. The predicted octanol–water partition coefficient (Wildman–Crippen LogP) is 2.56. The van der Waals surface area contributed by atoms with Gasteiger partial charge in [-0.2, -0.15) is 0 Å². The van der Waals surface area contributed by atoms with Crippen molar-refractivity contribution >= 4 is 28.3 Å². The molecule has 0 aliphatic rings. The molecule has 23 heavy (non-hydrogen) atoms. The van der Waals surface area contributed by atoms with Crippen molar-refractivity contribution < 1.29 is 14.3 Å². The lowest BCUT2D eigenvalue weighted by Crippen LogP contribution is -2.21. The molecule has 0 saturated heterocycles. The summed E-state index contributed by atoms with van der Waals surface area (Å²) in [6.45, 7) is 5.97. The zero-order valence-electron chi connectivity index (χ0n) is 13.3. The van der Waals surface area contributed by atoms with Crippen LogP contribution in [-0.4, -0.2) is 23.4 Å². The molecule has 0 aliphatic heterocycles. The maximum atomic E-state index is 12.4. The molecule has 1 aromatic carbocycles. The fourth-order valence-corrected chi connectivity index (χ4v) is 2.64. The van der Waals surface area contributed by atoms with E-state index < -0.39 is 5.91 Å². The van der Waals surface area contributed by atoms with Crippen LogP contribution in [0.4, 0.5) is 5.13 Å². The van der Waals surface area contributed by atoms with Gasteiger partial charge >= 0.3 is 0 Å². The van der Waals surface area contributed by atoms with E-state index in [1.165, 1.54) is 11.3 Å². The van der Waals surface area contributed by atoms with E-state index >= 15 is 0 Å². The number of carbonyl (C=O) groups excluding carboxylic acids is 2. The number of para-hydroxylation sites is 1. The third kappa shape index (κ3) is 4.53. The molecule has 2 amide bonds. The molecule has 0 unspecified atom stereocenters. The average molecular weight is 333 g/mol. The lowest BCUT2D eigenvalue weighted by Gasteiger charge is -2.14. The number of carbonyl (C=O) groups is 2. The van der Waals surface area contributed by atoms with E-state index in [4.69, 9.17) is 10.5 Å². The number of benzene rings is 1. The third-order valence-corrected chi connectivity index (χ3v) is 4.31. The number of amides is 2. The fourth-order valence-electron chi connectivity index (χ4n) is 1.77. The summed E-state index contributed by atoms with van der Waals surface area (Å²) in [5.74, 6) is -0.647. The van der Waals surface area contributed by atoms with Gasteiger partial charge in [-0.1, -0.05) is 32.9 Å². The molecule has 2 aromatic rings. The predicted molar refractivity (Wildman–Crippen MR) is 89.9 cm³/mol. The number of hydrogen-bond acceptors (Lipinski definition) is 5. The highest BCUT2D eigenvalue weighted by molar-refractivity contribution is 7.15. The van der Waals surface area contributed by atoms with Gasteiger partial charge in [-0.3, -0.25) is 14.9 Å². The van der Waals surface area contributed by atoms with Crippen molar-refractivity contribution in [1.29, 1.82) is 0 Å². The molecule has 0 aliphatic carbocycles. The van der Waals surface area contributed by atoms with Crippen LogP contribution in [0.3, 0.4) is 0 Å². The van der Waals surface area contributed by atoms with Gasteiger partial charge in [0.15, 0.2) is 11.7 Å². The van der Waals surface area contributed by atoms with E-state index in [0.717, 1.165) is 4.88 Å². The number of thiazole rings is 1. The third-order valence-electron chi connectivity index (χ3n) is 2.97. The molecule has 2 rings (SSSR count). The number of hydrogen-bond donors (Lipinski definition) is 2. The van der Waals surface area contributed by atoms with Crippen LogP contribution in [0.1, 0.15) is 36.0 Å². The van der Waals surface area contributed by atoms with Gasteiger partial charge in [0.25, 0.3) is 11.8 Å². The van der Waals surface area contributed by atoms with Crippen molar-refractivity contribution in [3.8, 4) is 5.75 Å². The number of primary amides is 1. The number of nitrogens with one attached hydrogen (secondary N) is 1. The Bertz CT molecular complexity index is 719. The van der Waals surface area contributed by atoms with Gasteiger partial charge in [0.1, 0.15) is 5.75 Å². The number of anilines is 1. The number of aromatic nitrogens is 1. The van der Waals surface area contributed by atoms with Crippen LogP contribution < -0.4 is 15.8 Å². The Morgan fingerprint density at radius 1 is 1.30 bits per heavy atom. The molecule has 0 saturated carbocycles. The van der Waals surface area contributed by atoms with Gasteiger partial charge in [-0.15, -0.1) is 11.3 Å². The first kappa shape index (κ1) is 17.0. The standard InChI is InChI=1S/C16H19N3O3S/c1-16(2,3)12-8-18-15(23-12)19-14(21)10-6-4-5-7-11(10)22-9-13(17)20/h4-8H,9H2,1-3H3,(H2,17,20)(H,18,19,21). The maximum absolute atomic E-state index is 12.4. The van der Waals surface area contributed by atoms with E-state index in [9.17, 15) is 9.59 Å². The summed E-state index contributed by atoms with van der Waals surface area (Å²) in [7, 11) is 0. The molecule has 0 bridgehead atoms. The number of ether oxygens (including phenoxy) is 1. The first-order chi connectivity index (χ1) is 10.8. The molecule has 1 aromatic heterocycles. The van der Waals surface area contributed by atoms with Crippen molar-refractivity contribution in [2.75, 3.05) is 11.9 Å². The van der Waals surface area contributed by atoms with E-state index in [-0.39, 0.29) is 17.9 Å². The molecule has 7 heteroatoms. The number of rotatable bonds is 5. The van der Waals surface area contributed by atoms with Gasteiger partial charge in [-0.05, 0) is 17.5 Å². The van der Waals surface area contributed by atoms with Crippen LogP contribution >= 0.6 is 11.3 Å². The normalized spacial score (nSPS) is 11.1. The molecule has 122 valence electrons. The number of nitrogens with zero attached hydrogens (tertiary/aromatic N) is 1. The maximum Gasteiger partial charge on any atom is 0.261 e. The SMILES string of the molecule is CC(C)(C)c1cnc(NC(=O)c2ccccc2OCC(N)=O)s1. The smallest absolute Gasteiger partial charge is 0.261 e. The molecule has 3 N–H and O–H groups in total. The lowest BCUT2D eigenvalue weighted by atomic mass is 9.96. The summed E-state index contributed by atoms with van der Waals surface area (Å²) >= 11 is 1.43. The Labute approximate surface area is 138 Å². The van der Waals surface area contributed by atoms with E-state index in [1.54, 1.807) is 30.5 Å². The molecule has 1 heterocycles. The van der Waals surface area contributed by atoms with Crippen molar-refractivity contribution in [2.45, 2.75) is 26.2 Å². The van der Waals surface area contributed by atoms with Crippen molar-refractivity contribution in [2.24, 2.45) is 5.73 Å². The quantitative estimate of drug-likeness (QED) is 0.879. The second-order valence-electron chi connectivity index (χ2n) is 5.98. The molecule has 0 radical (unpaired) electrons. The van der Waals surface area contributed by atoms with Gasteiger partial charge in [-0.25, -0.2) is 4.98 Å². The van der Waals surface area contributed by atoms with Crippen LogP contribution in [0, 0.1) is 0 Å². The van der Waals surface area contributed by atoms with Gasteiger partial charge in [0, 0.05) is 11.1 Å². The van der Waals surface area contributed by atoms with Crippen LogP contribution in [0.15, 0.2) is 30.5 Å². The topological polar surface area (TPSA) is 94.3 Å². The summed E-state index contributed by atoms with van der Waals surface area (Å²) in [4.78, 5) is 28.5. The van der Waals surface area contributed by atoms with E-state index in [0.29, 0.717) is 16.4 Å². The fraction of sp³-hybridized carbons (Fsp3) is 0.312. The second kappa shape index (κ2) is 6.78. The monoisotopic (exact) mass is 333 g/mol. The summed E-state index contributed by atoms with van der Waals surface area (Å²) in [5, 5.41) is 3.27. The Balaban J connectivity index is 2.15. The minimum absolute atomic E-state index is 0.0247. The summed E-state index contributed by atoms with van der Waals surface area (Å²) in [6, 6.07) is 6.66. The van der Waals surface area contributed by atoms with E-state index in [2.05, 4.69) is 31.1 Å². The first-order valence-corrected chi connectivity index (χ1v) is 7.87. The van der Waals surface area contributed by atoms with Crippen LogP contribution in [0.5, 0.6) is 5.75 Å². The number of nitrogens with two attached hydrogens (primary N) is 1. The Hall–Kier alpha value is -2.41. The molecule has 0 fully saturated rings. The van der Waals surface area contributed by atoms with Crippen LogP contribution in [0.2, 0.25) is 0 Å². The van der Waals surface area contributed by atoms with Crippen molar-refractivity contribution in [1.82, 2.24) is 4.98 Å². The zero-order valence-corrected chi connectivity index (χ0v) is 14.1. The van der Waals surface area contributed by atoms with Crippen LogP contribution in [0.25, 0.3) is 0 Å². The van der Waals surface area contributed by atoms with Gasteiger partial charge in [0.2, 0.25) is 0 Å². The Kier molecular flexibility index (Phi) is 5.00. The van der Waals surface area contributed by atoms with Crippen molar-refractivity contribution in [3.05, 3.63) is 40.9 Å². The van der Waals surface area contributed by atoms with Crippen LogP contribution in [-0.2, 0) is 10.2 Å². The second-order valence-corrected chi connectivity index (χ2v) is 7.02. The zero-order chi connectivity index (χ0) is 17.0. The molecule has 6 nitrogen and oxygen atoms in total.